The lowest BCUT2D eigenvalue weighted by Gasteiger charge is -2.40. The zero-order valence-corrected chi connectivity index (χ0v) is 10.8. The van der Waals surface area contributed by atoms with Crippen LogP contribution in [0, 0.1) is 0 Å². The van der Waals surface area contributed by atoms with Crippen molar-refractivity contribution in [3.8, 4) is 0 Å². The van der Waals surface area contributed by atoms with Gasteiger partial charge in [-0.05, 0) is 45.4 Å². The molecular formula is C14H22N2O. The largest absolute Gasteiger partial charge is 0.374 e. The average Bonchev–Trinajstić information content (AvgIpc) is 2.38. The van der Waals surface area contributed by atoms with Crippen molar-refractivity contribution in [2.24, 2.45) is 0 Å². The molecule has 1 saturated heterocycles. The van der Waals surface area contributed by atoms with E-state index in [1.54, 1.807) is 0 Å². The van der Waals surface area contributed by atoms with E-state index in [0.717, 1.165) is 25.1 Å². The zero-order valence-electron chi connectivity index (χ0n) is 10.8. The summed E-state index contributed by atoms with van der Waals surface area (Å²) in [7, 11) is 2.01. The van der Waals surface area contributed by atoms with Crippen LogP contribution < -0.4 is 5.32 Å². The minimum atomic E-state index is -0.0511. The first kappa shape index (κ1) is 12.5. The van der Waals surface area contributed by atoms with Gasteiger partial charge in [-0.3, -0.25) is 4.98 Å². The summed E-state index contributed by atoms with van der Waals surface area (Å²) in [6.45, 7) is 3.10. The van der Waals surface area contributed by atoms with Gasteiger partial charge in [-0.1, -0.05) is 6.07 Å². The van der Waals surface area contributed by atoms with Crippen molar-refractivity contribution in [2.45, 2.75) is 44.2 Å². The van der Waals surface area contributed by atoms with Crippen LogP contribution in [0.1, 0.15) is 31.9 Å². The molecule has 1 aliphatic heterocycles. The summed E-state index contributed by atoms with van der Waals surface area (Å²) in [6.07, 6.45) is 6.36. The fourth-order valence-electron chi connectivity index (χ4n) is 2.58. The Morgan fingerprint density at radius 1 is 1.47 bits per heavy atom. The molecule has 17 heavy (non-hydrogen) atoms. The van der Waals surface area contributed by atoms with Gasteiger partial charge in [0.05, 0.1) is 5.60 Å². The van der Waals surface area contributed by atoms with Crippen molar-refractivity contribution < 1.29 is 4.74 Å². The minimum absolute atomic E-state index is 0.0511. The summed E-state index contributed by atoms with van der Waals surface area (Å²) < 4.78 is 6.00. The minimum Gasteiger partial charge on any atom is -0.374 e. The monoisotopic (exact) mass is 234 g/mol. The maximum Gasteiger partial charge on any atom is 0.0810 e. The second-order valence-electron chi connectivity index (χ2n) is 4.98. The van der Waals surface area contributed by atoms with Crippen molar-refractivity contribution in [2.75, 3.05) is 13.7 Å². The number of pyridine rings is 1. The summed E-state index contributed by atoms with van der Waals surface area (Å²) in [6, 6.07) is 6.41. The number of hydrogen-bond acceptors (Lipinski definition) is 3. The van der Waals surface area contributed by atoms with Crippen LogP contribution in [0.25, 0.3) is 0 Å². The maximum absolute atomic E-state index is 6.00. The number of aromatic nitrogens is 1. The predicted molar refractivity (Wildman–Crippen MR) is 69.0 cm³/mol. The van der Waals surface area contributed by atoms with Crippen molar-refractivity contribution in [3.05, 3.63) is 30.1 Å². The molecule has 2 heterocycles. The molecule has 0 bridgehead atoms. The Morgan fingerprint density at radius 3 is 2.94 bits per heavy atom. The van der Waals surface area contributed by atoms with Gasteiger partial charge in [-0.25, -0.2) is 0 Å². The third-order valence-electron chi connectivity index (χ3n) is 3.72. The Morgan fingerprint density at radius 2 is 2.35 bits per heavy atom. The van der Waals surface area contributed by atoms with Gasteiger partial charge in [0.15, 0.2) is 0 Å². The number of likely N-dealkylation sites (N-methyl/N-ethyl adjacent to an activating group) is 1. The molecule has 0 aromatic carbocycles. The van der Waals surface area contributed by atoms with Crippen molar-refractivity contribution in [1.29, 1.82) is 0 Å². The standard InChI is InChI=1S/C14H22N2O/c1-14(8-4-6-10-17-14)13(15-2)11-12-7-3-5-9-16-12/h3,5,7,9,13,15H,4,6,8,10-11H2,1-2H3. The molecule has 0 radical (unpaired) electrons. The highest BCUT2D eigenvalue weighted by Gasteiger charge is 2.36. The number of hydrogen-bond donors (Lipinski definition) is 1. The lowest BCUT2D eigenvalue weighted by atomic mass is 9.85. The van der Waals surface area contributed by atoms with Crippen LogP contribution in [0.2, 0.25) is 0 Å². The molecule has 3 nitrogen and oxygen atoms in total. The summed E-state index contributed by atoms with van der Waals surface area (Å²) >= 11 is 0. The van der Waals surface area contributed by atoms with E-state index < -0.39 is 0 Å². The van der Waals surface area contributed by atoms with Crippen LogP contribution in [0.4, 0.5) is 0 Å². The Bertz CT molecular complexity index is 333. The molecule has 1 N–H and O–H groups in total. The van der Waals surface area contributed by atoms with Crippen LogP contribution >= 0.6 is 0 Å². The second-order valence-corrected chi connectivity index (χ2v) is 4.98. The highest BCUT2D eigenvalue weighted by Crippen LogP contribution is 2.29. The Balaban J connectivity index is 2.05. The number of nitrogens with zero attached hydrogens (tertiary/aromatic N) is 1. The van der Waals surface area contributed by atoms with E-state index in [-0.39, 0.29) is 5.60 Å². The third-order valence-corrected chi connectivity index (χ3v) is 3.72. The van der Waals surface area contributed by atoms with Gasteiger partial charge < -0.3 is 10.1 Å². The molecule has 0 aliphatic carbocycles. The molecule has 1 aromatic heterocycles. The molecule has 0 spiro atoms. The van der Waals surface area contributed by atoms with Gasteiger partial charge in [-0.2, -0.15) is 0 Å². The van der Waals surface area contributed by atoms with E-state index in [9.17, 15) is 0 Å². The lowest BCUT2D eigenvalue weighted by Crippen LogP contribution is -2.52. The fourth-order valence-corrected chi connectivity index (χ4v) is 2.58. The molecule has 2 rings (SSSR count). The maximum atomic E-state index is 6.00. The molecule has 1 fully saturated rings. The fraction of sp³-hybridized carbons (Fsp3) is 0.643. The molecule has 0 saturated carbocycles. The van der Waals surface area contributed by atoms with Gasteiger partial charge in [-0.15, -0.1) is 0 Å². The lowest BCUT2D eigenvalue weighted by molar-refractivity contribution is -0.0872. The zero-order chi connectivity index (χ0) is 12.1. The van der Waals surface area contributed by atoms with Gasteiger partial charge in [0.2, 0.25) is 0 Å². The second kappa shape index (κ2) is 5.61. The van der Waals surface area contributed by atoms with Crippen LogP contribution in [-0.2, 0) is 11.2 Å². The molecule has 94 valence electrons. The highest BCUT2D eigenvalue weighted by molar-refractivity contribution is 5.08. The molecule has 2 atom stereocenters. The van der Waals surface area contributed by atoms with Crippen LogP contribution in [0.15, 0.2) is 24.4 Å². The number of rotatable bonds is 4. The molecule has 0 amide bonds. The molecule has 3 heteroatoms. The first-order valence-electron chi connectivity index (χ1n) is 6.46. The first-order valence-corrected chi connectivity index (χ1v) is 6.46. The van der Waals surface area contributed by atoms with Crippen LogP contribution in [0.3, 0.4) is 0 Å². The van der Waals surface area contributed by atoms with Crippen molar-refractivity contribution in [3.63, 3.8) is 0 Å². The van der Waals surface area contributed by atoms with Crippen molar-refractivity contribution in [1.82, 2.24) is 10.3 Å². The summed E-state index contributed by atoms with van der Waals surface area (Å²) in [5, 5.41) is 3.40. The van der Waals surface area contributed by atoms with E-state index in [0.29, 0.717) is 6.04 Å². The molecule has 2 unspecified atom stereocenters. The topological polar surface area (TPSA) is 34.2 Å². The SMILES string of the molecule is CNC(Cc1ccccn1)C1(C)CCCCO1. The molecule has 1 aromatic rings. The smallest absolute Gasteiger partial charge is 0.0810 e. The van der Waals surface area contributed by atoms with Gasteiger partial charge >= 0.3 is 0 Å². The molecular weight excluding hydrogens is 212 g/mol. The van der Waals surface area contributed by atoms with E-state index in [2.05, 4.69) is 23.3 Å². The predicted octanol–water partition coefficient (Wildman–Crippen LogP) is 2.17. The van der Waals surface area contributed by atoms with Gasteiger partial charge in [0.1, 0.15) is 0 Å². The van der Waals surface area contributed by atoms with Crippen molar-refractivity contribution >= 4 is 0 Å². The van der Waals surface area contributed by atoms with Gasteiger partial charge in [0.25, 0.3) is 0 Å². The number of nitrogens with one attached hydrogen (secondary N) is 1. The summed E-state index contributed by atoms with van der Waals surface area (Å²) in [5.41, 5.74) is 1.08. The van der Waals surface area contributed by atoms with E-state index in [1.165, 1.54) is 12.8 Å². The number of ether oxygens (including phenoxy) is 1. The first-order chi connectivity index (χ1) is 8.24. The van der Waals surface area contributed by atoms with E-state index in [1.807, 2.05) is 25.4 Å². The Labute approximate surface area is 104 Å². The normalized spacial score (nSPS) is 26.7. The average molecular weight is 234 g/mol. The Kier molecular flexibility index (Phi) is 4.13. The Hall–Kier alpha value is -0.930. The van der Waals surface area contributed by atoms with Gasteiger partial charge in [0, 0.05) is 31.0 Å². The van der Waals surface area contributed by atoms with E-state index >= 15 is 0 Å². The molecule has 1 aliphatic rings. The van der Waals surface area contributed by atoms with Crippen LogP contribution in [0.5, 0.6) is 0 Å². The quantitative estimate of drug-likeness (QED) is 0.867. The third kappa shape index (κ3) is 3.05. The summed E-state index contributed by atoms with van der Waals surface area (Å²) in [4.78, 5) is 4.40. The van der Waals surface area contributed by atoms with Crippen LogP contribution in [-0.4, -0.2) is 30.3 Å². The summed E-state index contributed by atoms with van der Waals surface area (Å²) in [5.74, 6) is 0. The van der Waals surface area contributed by atoms with E-state index in [4.69, 9.17) is 4.74 Å². The highest BCUT2D eigenvalue weighted by atomic mass is 16.5.